The molecule has 7 nitrogen and oxygen atoms in total. The zero-order valence-corrected chi connectivity index (χ0v) is 16.7. The average Bonchev–Trinajstić information content (AvgIpc) is 3.19. The van der Waals surface area contributed by atoms with Gasteiger partial charge < -0.3 is 20.0 Å². The lowest BCUT2D eigenvalue weighted by molar-refractivity contribution is -0.136. The largest absolute Gasteiger partial charge is 0.423 e. The second-order valence-electron chi connectivity index (χ2n) is 7.52. The molecule has 2 N–H and O–H groups in total. The summed E-state index contributed by atoms with van der Waals surface area (Å²) in [6.45, 7) is 3.57. The van der Waals surface area contributed by atoms with Crippen LogP contribution in [0.3, 0.4) is 0 Å². The molecular weight excluding hydrogens is 387 g/mol. The molecule has 0 spiro atoms. The molecule has 0 saturated carbocycles. The molecule has 1 saturated heterocycles. The van der Waals surface area contributed by atoms with Gasteiger partial charge in [-0.15, -0.1) is 0 Å². The van der Waals surface area contributed by atoms with Crippen molar-refractivity contribution in [3.05, 3.63) is 53.8 Å². The Morgan fingerprint density at radius 2 is 1.93 bits per heavy atom. The van der Waals surface area contributed by atoms with Crippen molar-refractivity contribution in [3.63, 3.8) is 0 Å². The third-order valence-electron chi connectivity index (χ3n) is 5.35. The number of aromatic nitrogens is 1. The first-order valence-corrected chi connectivity index (χ1v) is 9.95. The molecule has 0 radical (unpaired) electrons. The molecule has 2 amide bonds. The van der Waals surface area contributed by atoms with Gasteiger partial charge in [0.25, 0.3) is 6.01 Å². The van der Waals surface area contributed by atoms with Crippen LogP contribution in [-0.4, -0.2) is 36.4 Å². The predicted octanol–water partition coefficient (Wildman–Crippen LogP) is 3.25. The van der Waals surface area contributed by atoms with Crippen molar-refractivity contribution in [2.75, 3.05) is 29.9 Å². The lowest BCUT2D eigenvalue weighted by Gasteiger charge is -2.30. The summed E-state index contributed by atoms with van der Waals surface area (Å²) in [5, 5.41) is 5.09. The van der Waals surface area contributed by atoms with Crippen molar-refractivity contribution < 1.29 is 18.4 Å². The number of anilines is 2. The Morgan fingerprint density at radius 1 is 1.17 bits per heavy atom. The molecule has 1 aromatic heterocycles. The number of aryl methyl sites for hydroxylation is 1. The smallest absolute Gasteiger partial charge is 0.313 e. The topological polar surface area (TPSA) is 87.5 Å². The molecule has 0 aliphatic carbocycles. The van der Waals surface area contributed by atoms with E-state index in [1.54, 1.807) is 19.1 Å². The molecule has 2 heterocycles. The molecule has 156 valence electrons. The van der Waals surface area contributed by atoms with Crippen molar-refractivity contribution in [2.24, 2.45) is 5.92 Å². The van der Waals surface area contributed by atoms with Crippen molar-refractivity contribution in [2.45, 2.75) is 19.8 Å². The number of amides is 2. The van der Waals surface area contributed by atoms with E-state index in [1.807, 2.05) is 24.3 Å². The number of oxazole rings is 1. The van der Waals surface area contributed by atoms with Crippen molar-refractivity contribution in [1.82, 2.24) is 10.3 Å². The number of hydrogen-bond donors (Lipinski definition) is 2. The molecule has 4 rings (SSSR count). The first-order valence-electron chi connectivity index (χ1n) is 9.95. The number of nitrogens with zero attached hydrogens (tertiary/aromatic N) is 2. The first-order chi connectivity index (χ1) is 14.5. The quantitative estimate of drug-likeness (QED) is 0.645. The van der Waals surface area contributed by atoms with Crippen LogP contribution in [0.1, 0.15) is 18.4 Å². The summed E-state index contributed by atoms with van der Waals surface area (Å²) in [5.74, 6) is -1.70. The number of nitrogens with one attached hydrogen (secondary N) is 2. The SMILES string of the molecule is Cc1ccc(NC(=O)C(=O)NCC2CCN(c3nc4ccccc4o3)CC2)cc1F. The van der Waals surface area contributed by atoms with Gasteiger partial charge in [0.15, 0.2) is 5.58 Å². The number of piperidine rings is 1. The lowest BCUT2D eigenvalue weighted by atomic mass is 9.97. The minimum Gasteiger partial charge on any atom is -0.423 e. The van der Waals surface area contributed by atoms with E-state index in [1.165, 1.54) is 6.07 Å². The molecule has 0 atom stereocenters. The predicted molar refractivity (Wildman–Crippen MR) is 112 cm³/mol. The fourth-order valence-corrected chi connectivity index (χ4v) is 3.50. The van der Waals surface area contributed by atoms with Crippen molar-refractivity contribution in [1.29, 1.82) is 0 Å². The maximum Gasteiger partial charge on any atom is 0.313 e. The number of carbonyl (C=O) groups excluding carboxylic acids is 2. The molecule has 0 bridgehead atoms. The van der Waals surface area contributed by atoms with Crippen LogP contribution in [0, 0.1) is 18.7 Å². The summed E-state index contributed by atoms with van der Waals surface area (Å²) < 4.78 is 19.4. The van der Waals surface area contributed by atoms with Gasteiger partial charge in [0, 0.05) is 25.3 Å². The number of para-hydroxylation sites is 2. The highest BCUT2D eigenvalue weighted by Gasteiger charge is 2.24. The number of rotatable bonds is 4. The van der Waals surface area contributed by atoms with Crippen LogP contribution in [0.5, 0.6) is 0 Å². The van der Waals surface area contributed by atoms with Gasteiger partial charge in [0.2, 0.25) is 0 Å². The molecule has 1 aliphatic rings. The van der Waals surface area contributed by atoms with E-state index in [4.69, 9.17) is 4.42 Å². The second kappa shape index (κ2) is 8.52. The summed E-state index contributed by atoms with van der Waals surface area (Å²) >= 11 is 0. The molecule has 2 aromatic carbocycles. The van der Waals surface area contributed by atoms with E-state index >= 15 is 0 Å². The number of carbonyl (C=O) groups is 2. The van der Waals surface area contributed by atoms with Gasteiger partial charge in [-0.05, 0) is 55.5 Å². The number of fused-ring (bicyclic) bond motifs is 1. The Morgan fingerprint density at radius 3 is 2.67 bits per heavy atom. The molecule has 3 aromatic rings. The van der Waals surface area contributed by atoms with Gasteiger partial charge in [-0.1, -0.05) is 18.2 Å². The number of benzene rings is 2. The Bertz CT molecular complexity index is 1040. The number of hydrogen-bond acceptors (Lipinski definition) is 5. The third-order valence-corrected chi connectivity index (χ3v) is 5.35. The van der Waals surface area contributed by atoms with Crippen LogP contribution in [0.15, 0.2) is 46.9 Å². The highest BCUT2D eigenvalue weighted by Crippen LogP contribution is 2.26. The Labute approximate surface area is 173 Å². The first kappa shape index (κ1) is 19.9. The van der Waals surface area contributed by atoms with E-state index in [-0.39, 0.29) is 11.6 Å². The summed E-state index contributed by atoms with van der Waals surface area (Å²) in [6.07, 6.45) is 1.70. The lowest BCUT2D eigenvalue weighted by Crippen LogP contribution is -2.42. The zero-order valence-electron chi connectivity index (χ0n) is 16.7. The Kier molecular flexibility index (Phi) is 5.65. The van der Waals surface area contributed by atoms with E-state index < -0.39 is 17.6 Å². The fourth-order valence-electron chi connectivity index (χ4n) is 3.50. The summed E-state index contributed by atoms with van der Waals surface area (Å²) in [6, 6.07) is 12.6. The Balaban J connectivity index is 1.24. The summed E-state index contributed by atoms with van der Waals surface area (Å²) in [7, 11) is 0. The van der Waals surface area contributed by atoms with Gasteiger partial charge in [-0.3, -0.25) is 9.59 Å². The van der Waals surface area contributed by atoms with Crippen LogP contribution in [0.4, 0.5) is 16.1 Å². The normalized spacial score (nSPS) is 14.7. The average molecular weight is 410 g/mol. The van der Waals surface area contributed by atoms with Gasteiger partial charge in [0.1, 0.15) is 11.3 Å². The van der Waals surface area contributed by atoms with Crippen molar-refractivity contribution in [3.8, 4) is 0 Å². The second-order valence-corrected chi connectivity index (χ2v) is 7.52. The molecule has 1 fully saturated rings. The fraction of sp³-hybridized carbons (Fsp3) is 0.318. The monoisotopic (exact) mass is 410 g/mol. The molecule has 1 aliphatic heterocycles. The summed E-state index contributed by atoms with van der Waals surface area (Å²) in [4.78, 5) is 30.7. The molecular formula is C22H23FN4O3. The van der Waals surface area contributed by atoms with Crippen LogP contribution in [-0.2, 0) is 9.59 Å². The maximum atomic E-state index is 13.6. The highest BCUT2D eigenvalue weighted by molar-refractivity contribution is 6.39. The van der Waals surface area contributed by atoms with Crippen LogP contribution in [0.25, 0.3) is 11.1 Å². The van der Waals surface area contributed by atoms with Crippen LogP contribution < -0.4 is 15.5 Å². The van der Waals surface area contributed by atoms with E-state index in [0.717, 1.165) is 37.0 Å². The van der Waals surface area contributed by atoms with E-state index in [9.17, 15) is 14.0 Å². The zero-order chi connectivity index (χ0) is 21.1. The van der Waals surface area contributed by atoms with Gasteiger partial charge in [-0.25, -0.2) is 4.39 Å². The molecule has 0 unspecified atom stereocenters. The van der Waals surface area contributed by atoms with Crippen LogP contribution >= 0.6 is 0 Å². The number of halogens is 1. The van der Waals surface area contributed by atoms with Gasteiger partial charge in [0.05, 0.1) is 0 Å². The van der Waals surface area contributed by atoms with E-state index in [2.05, 4.69) is 20.5 Å². The highest BCUT2D eigenvalue weighted by atomic mass is 19.1. The minimum absolute atomic E-state index is 0.255. The minimum atomic E-state index is -0.804. The van der Waals surface area contributed by atoms with Crippen molar-refractivity contribution >= 4 is 34.6 Å². The maximum absolute atomic E-state index is 13.6. The van der Waals surface area contributed by atoms with Gasteiger partial charge >= 0.3 is 11.8 Å². The summed E-state index contributed by atoms with van der Waals surface area (Å²) in [5.41, 5.74) is 2.33. The standard InChI is InChI=1S/C22H23FN4O3/c1-14-6-7-16(12-17(14)23)25-21(29)20(28)24-13-15-8-10-27(11-9-15)22-26-18-4-2-3-5-19(18)30-22/h2-7,12,15H,8-11,13H2,1H3,(H,24,28)(H,25,29). The third kappa shape index (κ3) is 4.42. The van der Waals surface area contributed by atoms with E-state index in [0.29, 0.717) is 18.1 Å². The van der Waals surface area contributed by atoms with Crippen LogP contribution in [0.2, 0.25) is 0 Å². The molecule has 30 heavy (non-hydrogen) atoms. The van der Waals surface area contributed by atoms with Gasteiger partial charge in [-0.2, -0.15) is 4.98 Å². The Hall–Kier alpha value is -3.42. The molecule has 8 heteroatoms.